The number of rotatable bonds is 1. The quantitative estimate of drug-likeness (QED) is 0.563. The molecule has 1 aliphatic heterocycles. The zero-order valence-corrected chi connectivity index (χ0v) is 11.3. The van der Waals surface area contributed by atoms with E-state index in [1.807, 2.05) is 0 Å². The summed E-state index contributed by atoms with van der Waals surface area (Å²) < 4.78 is 9.76. The van der Waals surface area contributed by atoms with Gasteiger partial charge in [-0.2, -0.15) is 0 Å². The Bertz CT molecular complexity index is 358. The Kier molecular flexibility index (Phi) is 3.20. The summed E-state index contributed by atoms with van der Waals surface area (Å²) in [6.07, 6.45) is -0.318. The van der Waals surface area contributed by atoms with E-state index in [0.717, 1.165) is 0 Å². The summed E-state index contributed by atoms with van der Waals surface area (Å²) in [5, 5.41) is 10.0. The lowest BCUT2D eigenvalue weighted by molar-refractivity contribution is -0.166. The van der Waals surface area contributed by atoms with Crippen LogP contribution in [0.15, 0.2) is 0 Å². The summed E-state index contributed by atoms with van der Waals surface area (Å²) in [4.78, 5) is 23.4. The van der Waals surface area contributed by atoms with Gasteiger partial charge in [0.25, 0.3) is 0 Å². The number of ether oxygens (including phenoxy) is 2. The van der Waals surface area contributed by atoms with Gasteiger partial charge in [0, 0.05) is 10.7 Å². The summed E-state index contributed by atoms with van der Waals surface area (Å²) in [6.45, 7) is 1.86. The molecule has 1 saturated carbocycles. The van der Waals surface area contributed by atoms with E-state index in [9.17, 15) is 14.7 Å². The van der Waals surface area contributed by atoms with Crippen LogP contribution in [-0.4, -0.2) is 41.7 Å². The monoisotopic (exact) mass is 306 g/mol. The van der Waals surface area contributed by atoms with E-state index in [2.05, 4.69) is 15.9 Å². The van der Waals surface area contributed by atoms with Crippen molar-refractivity contribution in [2.45, 2.75) is 24.3 Å². The fourth-order valence-electron chi connectivity index (χ4n) is 2.93. The minimum absolute atomic E-state index is 0.166. The third-order valence-corrected chi connectivity index (χ3v) is 4.73. The standard InChI is InChI=1S/C11H15BrO5/c1-11(10(15)16-2)3-6(12)8(13)5-4-17-9(14)7(5)11/h5-8,13H,3-4H2,1-2H3/t5-,6+,7-,8+,11+/m0/s1. The van der Waals surface area contributed by atoms with Crippen LogP contribution in [0.25, 0.3) is 0 Å². The largest absolute Gasteiger partial charge is 0.469 e. The predicted octanol–water partition coefficient (Wildman–Crippen LogP) is 0.483. The van der Waals surface area contributed by atoms with Crippen LogP contribution >= 0.6 is 15.9 Å². The Morgan fingerprint density at radius 2 is 2.29 bits per heavy atom. The molecule has 2 rings (SSSR count). The van der Waals surface area contributed by atoms with E-state index in [1.54, 1.807) is 6.92 Å². The van der Waals surface area contributed by atoms with Crippen molar-refractivity contribution in [1.82, 2.24) is 0 Å². The normalized spacial score (nSPS) is 45.1. The molecule has 0 bridgehead atoms. The number of esters is 2. The van der Waals surface area contributed by atoms with E-state index in [4.69, 9.17) is 9.47 Å². The molecule has 0 spiro atoms. The Morgan fingerprint density at radius 1 is 1.65 bits per heavy atom. The van der Waals surface area contributed by atoms with Crippen molar-refractivity contribution in [3.8, 4) is 0 Å². The number of carbonyl (C=O) groups is 2. The zero-order valence-electron chi connectivity index (χ0n) is 9.68. The molecule has 0 unspecified atom stereocenters. The Hall–Kier alpha value is -0.620. The van der Waals surface area contributed by atoms with Crippen LogP contribution in [0.4, 0.5) is 0 Å². The Labute approximate surface area is 108 Å². The third-order valence-electron chi connectivity index (χ3n) is 3.87. The van der Waals surface area contributed by atoms with Crippen molar-refractivity contribution in [3.05, 3.63) is 0 Å². The van der Waals surface area contributed by atoms with Crippen molar-refractivity contribution >= 4 is 27.9 Å². The lowest BCUT2D eigenvalue weighted by Crippen LogP contribution is -2.53. The van der Waals surface area contributed by atoms with Crippen LogP contribution in [0.2, 0.25) is 0 Å². The topological polar surface area (TPSA) is 72.8 Å². The highest BCUT2D eigenvalue weighted by molar-refractivity contribution is 9.09. The van der Waals surface area contributed by atoms with Crippen molar-refractivity contribution in [2.75, 3.05) is 13.7 Å². The van der Waals surface area contributed by atoms with E-state index >= 15 is 0 Å². The number of methoxy groups -OCH3 is 1. The van der Waals surface area contributed by atoms with Gasteiger partial charge in [-0.15, -0.1) is 0 Å². The summed E-state index contributed by atoms with van der Waals surface area (Å²) in [7, 11) is 1.30. The molecule has 6 heteroatoms. The molecule has 0 aromatic heterocycles. The van der Waals surface area contributed by atoms with Crippen molar-refractivity contribution < 1.29 is 24.2 Å². The van der Waals surface area contributed by atoms with E-state index in [0.29, 0.717) is 6.42 Å². The molecule has 5 atom stereocenters. The van der Waals surface area contributed by atoms with Crippen LogP contribution in [0.1, 0.15) is 13.3 Å². The number of alkyl halides is 1. The summed E-state index contributed by atoms with van der Waals surface area (Å²) in [6, 6.07) is 0. The molecule has 1 N–H and O–H groups in total. The second kappa shape index (κ2) is 4.24. The first-order chi connectivity index (χ1) is 7.91. The highest BCUT2D eigenvalue weighted by Crippen LogP contribution is 2.50. The van der Waals surface area contributed by atoms with Crippen LogP contribution in [0, 0.1) is 17.3 Å². The second-order valence-corrected chi connectivity index (χ2v) is 6.07. The van der Waals surface area contributed by atoms with E-state index in [1.165, 1.54) is 7.11 Å². The fraction of sp³-hybridized carbons (Fsp3) is 0.818. The molecule has 0 amide bonds. The first-order valence-electron chi connectivity index (χ1n) is 5.49. The number of fused-ring (bicyclic) bond motifs is 1. The van der Waals surface area contributed by atoms with Crippen LogP contribution in [-0.2, 0) is 19.1 Å². The molecule has 96 valence electrons. The fourth-order valence-corrected chi connectivity index (χ4v) is 4.00. The maximum absolute atomic E-state index is 11.9. The van der Waals surface area contributed by atoms with Gasteiger partial charge < -0.3 is 14.6 Å². The van der Waals surface area contributed by atoms with E-state index < -0.39 is 29.4 Å². The van der Waals surface area contributed by atoms with Crippen molar-refractivity contribution in [2.24, 2.45) is 17.3 Å². The van der Waals surface area contributed by atoms with Gasteiger partial charge in [0.15, 0.2) is 0 Å². The summed E-state index contributed by atoms with van der Waals surface area (Å²) >= 11 is 3.36. The molecule has 1 heterocycles. The van der Waals surface area contributed by atoms with Gasteiger partial charge in [0.05, 0.1) is 31.2 Å². The van der Waals surface area contributed by atoms with Gasteiger partial charge in [0.1, 0.15) is 0 Å². The molecule has 0 radical (unpaired) electrons. The molecule has 2 aliphatic rings. The minimum atomic E-state index is -0.930. The van der Waals surface area contributed by atoms with Gasteiger partial charge in [0.2, 0.25) is 0 Å². The molecular formula is C11H15BrO5. The zero-order chi connectivity index (χ0) is 12.8. The van der Waals surface area contributed by atoms with Crippen molar-refractivity contribution in [1.29, 1.82) is 0 Å². The molecule has 0 aromatic carbocycles. The number of aliphatic hydroxyl groups is 1. The smallest absolute Gasteiger partial charge is 0.312 e. The van der Waals surface area contributed by atoms with Crippen LogP contribution in [0.5, 0.6) is 0 Å². The lowest BCUT2D eigenvalue weighted by Gasteiger charge is -2.42. The maximum Gasteiger partial charge on any atom is 0.312 e. The Morgan fingerprint density at radius 3 is 2.88 bits per heavy atom. The molecule has 5 nitrogen and oxygen atoms in total. The van der Waals surface area contributed by atoms with Gasteiger partial charge in [-0.05, 0) is 13.3 Å². The molecule has 2 fully saturated rings. The number of hydrogen-bond acceptors (Lipinski definition) is 5. The predicted molar refractivity (Wildman–Crippen MR) is 61.4 cm³/mol. The average molecular weight is 307 g/mol. The molecule has 17 heavy (non-hydrogen) atoms. The molecule has 0 aromatic rings. The minimum Gasteiger partial charge on any atom is -0.469 e. The maximum atomic E-state index is 11.9. The number of carbonyl (C=O) groups excluding carboxylic acids is 2. The second-order valence-electron chi connectivity index (χ2n) is 4.89. The first kappa shape index (κ1) is 12.8. The number of halogens is 1. The van der Waals surface area contributed by atoms with E-state index in [-0.39, 0.29) is 17.4 Å². The van der Waals surface area contributed by atoms with Gasteiger partial charge in [-0.3, -0.25) is 9.59 Å². The van der Waals surface area contributed by atoms with Crippen molar-refractivity contribution in [3.63, 3.8) is 0 Å². The van der Waals surface area contributed by atoms with Crippen LogP contribution < -0.4 is 0 Å². The summed E-state index contributed by atoms with van der Waals surface area (Å²) in [5.41, 5.74) is -0.930. The Balaban J connectivity index is 2.38. The number of aliphatic hydroxyl groups excluding tert-OH is 1. The molecular weight excluding hydrogens is 292 g/mol. The van der Waals surface area contributed by atoms with Crippen LogP contribution in [0.3, 0.4) is 0 Å². The highest BCUT2D eigenvalue weighted by atomic mass is 79.9. The number of cyclic esters (lactones) is 1. The molecule has 1 aliphatic carbocycles. The van der Waals surface area contributed by atoms with Gasteiger partial charge >= 0.3 is 11.9 Å². The van der Waals surface area contributed by atoms with Gasteiger partial charge in [-0.25, -0.2) is 0 Å². The first-order valence-corrected chi connectivity index (χ1v) is 6.40. The SMILES string of the molecule is COC(=O)[C@]1(C)C[C@@H](Br)[C@H](O)[C@H]2COC(=O)[C@H]21. The summed E-state index contributed by atoms with van der Waals surface area (Å²) in [5.74, 6) is -1.80. The third kappa shape index (κ3) is 1.78. The average Bonchev–Trinajstić information content (AvgIpc) is 2.68. The molecule has 1 saturated heterocycles. The highest BCUT2D eigenvalue weighted by Gasteiger charge is 2.60. The van der Waals surface area contributed by atoms with Gasteiger partial charge in [-0.1, -0.05) is 15.9 Å². The number of hydrogen-bond donors (Lipinski definition) is 1. The lowest BCUT2D eigenvalue weighted by atomic mass is 9.62.